The number of hydrogen-bond donors (Lipinski definition) is 2. The maximum Gasteiger partial charge on any atom is 0.230 e. The van der Waals surface area contributed by atoms with Crippen LogP contribution < -0.4 is 28.4 Å². The van der Waals surface area contributed by atoms with Crippen LogP contribution in [0.25, 0.3) is 0 Å². The van der Waals surface area contributed by atoms with Gasteiger partial charge >= 0.3 is 0 Å². The van der Waals surface area contributed by atoms with E-state index in [0.717, 1.165) is 0 Å². The van der Waals surface area contributed by atoms with Crippen LogP contribution in [-0.2, 0) is 0 Å². The molecule has 4 rings (SSSR count). The van der Waals surface area contributed by atoms with E-state index in [2.05, 4.69) is 0 Å². The molecule has 35 heavy (non-hydrogen) atoms. The average molecular weight is 476 g/mol. The first-order valence-electron chi connectivity index (χ1n) is 10.7. The Hall–Kier alpha value is -4.72. The van der Waals surface area contributed by atoms with Crippen LogP contribution in [0.4, 0.5) is 0 Å². The van der Waals surface area contributed by atoms with Gasteiger partial charge in [0.15, 0.2) is 0 Å². The quantitative estimate of drug-likeness (QED) is 0.265. The van der Waals surface area contributed by atoms with Crippen LogP contribution in [0.15, 0.2) is 97.1 Å². The van der Waals surface area contributed by atoms with Crippen LogP contribution in [0.5, 0.6) is 46.0 Å². The van der Waals surface area contributed by atoms with Gasteiger partial charge in [-0.25, -0.2) is 0 Å². The molecule has 0 amide bonds. The zero-order valence-electron chi connectivity index (χ0n) is 18.7. The minimum atomic E-state index is 0.0360. The van der Waals surface area contributed by atoms with E-state index in [4.69, 9.17) is 28.4 Å². The number of rotatable bonds is 12. The van der Waals surface area contributed by atoms with E-state index in [1.54, 1.807) is 97.1 Å². The Morgan fingerprint density at radius 2 is 0.486 bits per heavy atom. The van der Waals surface area contributed by atoms with Gasteiger partial charge in [0, 0.05) is 0 Å². The van der Waals surface area contributed by atoms with Crippen LogP contribution in [0.3, 0.4) is 0 Å². The predicted octanol–water partition coefficient (Wildman–Crippen LogP) is 5.34. The third kappa shape index (κ3) is 7.68. The molecular formula is C27H24O8. The van der Waals surface area contributed by atoms with Crippen molar-refractivity contribution in [1.29, 1.82) is 0 Å². The molecule has 4 aromatic rings. The molecule has 2 N–H and O–H groups in total. The highest BCUT2D eigenvalue weighted by Crippen LogP contribution is 2.21. The summed E-state index contributed by atoms with van der Waals surface area (Å²) in [5, 5.41) is 18.5. The van der Waals surface area contributed by atoms with Crippen LogP contribution in [-0.4, -0.2) is 30.6 Å². The second kappa shape index (κ2) is 11.9. The molecule has 0 saturated heterocycles. The molecule has 0 aromatic heterocycles. The molecule has 0 atom stereocenters. The molecular weight excluding hydrogens is 452 g/mol. The van der Waals surface area contributed by atoms with Crippen molar-refractivity contribution >= 4 is 0 Å². The third-order valence-electron chi connectivity index (χ3n) is 4.67. The molecule has 0 fully saturated rings. The van der Waals surface area contributed by atoms with Gasteiger partial charge in [-0.2, -0.15) is 0 Å². The fraction of sp³-hybridized carbons (Fsp3) is 0.111. The third-order valence-corrected chi connectivity index (χ3v) is 4.67. The van der Waals surface area contributed by atoms with E-state index >= 15 is 0 Å². The highest BCUT2D eigenvalue weighted by molar-refractivity contribution is 5.33. The summed E-state index contributed by atoms with van der Waals surface area (Å²) in [4.78, 5) is 0. The Morgan fingerprint density at radius 1 is 0.314 bits per heavy atom. The van der Waals surface area contributed by atoms with Gasteiger partial charge in [0.2, 0.25) is 20.4 Å². The molecule has 0 spiro atoms. The van der Waals surface area contributed by atoms with Gasteiger partial charge in [-0.15, -0.1) is 0 Å². The molecule has 0 heterocycles. The summed E-state index contributed by atoms with van der Waals surface area (Å²) in [6.07, 6.45) is 0. The first-order valence-corrected chi connectivity index (χ1v) is 10.7. The van der Waals surface area contributed by atoms with E-state index in [1.807, 2.05) is 0 Å². The second-order valence-corrected chi connectivity index (χ2v) is 7.15. The van der Waals surface area contributed by atoms with Crippen LogP contribution in [0, 0.1) is 0 Å². The first kappa shape index (κ1) is 23.4. The van der Waals surface area contributed by atoms with E-state index in [0.29, 0.717) is 34.5 Å². The zero-order valence-corrected chi connectivity index (χ0v) is 18.7. The standard InChI is InChI=1S/C27H24O8/c28-20-1-5-22(6-2-20)30-17-32-24-9-13-26(14-10-24)34-19-35-27-15-11-25(12-16-27)33-18-31-23-7-3-21(29)4-8-23/h1-16,28-29H,17-19H2. The summed E-state index contributed by atoms with van der Waals surface area (Å²) in [7, 11) is 0. The fourth-order valence-electron chi connectivity index (χ4n) is 2.85. The SMILES string of the molecule is Oc1ccc(OCOc2ccc(OCOc3ccc(OCOc4ccc(O)cc4)cc3)cc2)cc1. The lowest BCUT2D eigenvalue weighted by Crippen LogP contribution is -2.07. The Balaban J connectivity index is 1.13. The lowest BCUT2D eigenvalue weighted by atomic mass is 10.3. The average Bonchev–Trinajstić information content (AvgIpc) is 2.88. The maximum atomic E-state index is 9.27. The molecule has 0 saturated carbocycles. The first-order chi connectivity index (χ1) is 17.1. The summed E-state index contributed by atoms with van der Waals surface area (Å²) in [6, 6.07) is 26.9. The van der Waals surface area contributed by atoms with Gasteiger partial charge in [0.05, 0.1) is 0 Å². The summed E-state index contributed by atoms with van der Waals surface area (Å²) < 4.78 is 33.2. The molecule has 0 bridgehead atoms. The van der Waals surface area contributed by atoms with Crippen molar-refractivity contribution < 1.29 is 38.6 Å². The number of phenolic OH excluding ortho intramolecular Hbond substituents is 2. The Kier molecular flexibility index (Phi) is 8.00. The molecule has 0 radical (unpaired) electrons. The number of phenols is 2. The van der Waals surface area contributed by atoms with Gasteiger partial charge in [-0.1, -0.05) is 0 Å². The van der Waals surface area contributed by atoms with E-state index in [9.17, 15) is 10.2 Å². The lowest BCUT2D eigenvalue weighted by molar-refractivity contribution is 0.114. The summed E-state index contributed by atoms with van der Waals surface area (Å²) in [5.74, 6) is 4.06. The van der Waals surface area contributed by atoms with Crippen molar-refractivity contribution in [2.75, 3.05) is 20.4 Å². The topological polar surface area (TPSA) is 95.8 Å². The van der Waals surface area contributed by atoms with Gasteiger partial charge < -0.3 is 38.6 Å². The molecule has 0 unspecified atom stereocenters. The van der Waals surface area contributed by atoms with Gasteiger partial charge in [-0.3, -0.25) is 0 Å². The molecule has 4 aromatic carbocycles. The number of benzene rings is 4. The van der Waals surface area contributed by atoms with Crippen molar-refractivity contribution in [3.05, 3.63) is 97.1 Å². The van der Waals surface area contributed by atoms with Crippen molar-refractivity contribution in [2.24, 2.45) is 0 Å². The van der Waals surface area contributed by atoms with Crippen LogP contribution in [0.2, 0.25) is 0 Å². The molecule has 8 heteroatoms. The smallest absolute Gasteiger partial charge is 0.230 e. The van der Waals surface area contributed by atoms with Crippen molar-refractivity contribution in [3.8, 4) is 46.0 Å². The van der Waals surface area contributed by atoms with Crippen molar-refractivity contribution in [1.82, 2.24) is 0 Å². The van der Waals surface area contributed by atoms with E-state index in [1.165, 1.54) is 0 Å². The Bertz CT molecular complexity index is 1060. The van der Waals surface area contributed by atoms with Crippen LogP contribution >= 0.6 is 0 Å². The minimum absolute atomic E-state index is 0.0360. The van der Waals surface area contributed by atoms with Gasteiger partial charge in [0.25, 0.3) is 0 Å². The van der Waals surface area contributed by atoms with Crippen LogP contribution in [0.1, 0.15) is 0 Å². The zero-order chi connectivity index (χ0) is 24.3. The highest BCUT2D eigenvalue weighted by Gasteiger charge is 2.01. The number of aromatic hydroxyl groups is 2. The monoisotopic (exact) mass is 476 g/mol. The van der Waals surface area contributed by atoms with E-state index < -0.39 is 0 Å². The van der Waals surface area contributed by atoms with Gasteiger partial charge in [-0.05, 0) is 97.1 Å². The number of ether oxygens (including phenoxy) is 6. The second-order valence-electron chi connectivity index (χ2n) is 7.15. The molecule has 180 valence electrons. The van der Waals surface area contributed by atoms with E-state index in [-0.39, 0.29) is 31.9 Å². The largest absolute Gasteiger partial charge is 0.508 e. The summed E-state index contributed by atoms with van der Waals surface area (Å²) >= 11 is 0. The maximum absolute atomic E-state index is 9.27. The normalized spacial score (nSPS) is 10.3. The van der Waals surface area contributed by atoms with Crippen molar-refractivity contribution in [3.63, 3.8) is 0 Å². The molecule has 0 aliphatic heterocycles. The van der Waals surface area contributed by atoms with Gasteiger partial charge in [0.1, 0.15) is 46.0 Å². The molecule has 8 nitrogen and oxygen atoms in total. The Labute approximate surface area is 202 Å². The summed E-state index contributed by atoms with van der Waals surface area (Å²) in [6.45, 7) is 0.113. The fourth-order valence-corrected chi connectivity index (χ4v) is 2.85. The Morgan fingerprint density at radius 3 is 0.686 bits per heavy atom. The summed E-state index contributed by atoms with van der Waals surface area (Å²) in [5.41, 5.74) is 0. The molecule has 0 aliphatic rings. The molecule has 0 aliphatic carbocycles. The number of hydrogen-bond acceptors (Lipinski definition) is 8. The lowest BCUT2D eigenvalue weighted by Gasteiger charge is -2.11. The minimum Gasteiger partial charge on any atom is -0.508 e. The predicted molar refractivity (Wildman–Crippen MR) is 127 cm³/mol. The van der Waals surface area contributed by atoms with Crippen molar-refractivity contribution in [2.45, 2.75) is 0 Å². The highest BCUT2D eigenvalue weighted by atomic mass is 16.7.